The number of urea groups is 1. The molecule has 3 heterocycles. The van der Waals surface area contributed by atoms with Gasteiger partial charge in [-0.25, -0.2) is 9.78 Å². The number of imidazole rings is 1. The van der Waals surface area contributed by atoms with Gasteiger partial charge in [0.05, 0.1) is 22.8 Å². The number of nitrogens with one attached hydrogen (secondary N) is 2. The topological polar surface area (TPSA) is 90.8 Å². The molecule has 1 aromatic carbocycles. The Labute approximate surface area is 133 Å². The van der Waals surface area contributed by atoms with Crippen molar-refractivity contribution >= 4 is 17.1 Å². The number of hydrogen-bond donors (Lipinski definition) is 3. The maximum atomic E-state index is 11.8. The molecule has 0 aliphatic carbocycles. The second kappa shape index (κ2) is 5.46. The Morgan fingerprint density at radius 2 is 2.17 bits per heavy atom. The number of fused-ring (bicyclic) bond motifs is 1. The third kappa shape index (κ3) is 2.36. The van der Waals surface area contributed by atoms with Crippen LogP contribution in [-0.2, 0) is 0 Å². The smallest absolute Gasteiger partial charge is 0.315 e. The number of nitrogens with zero attached hydrogens (tertiary/aromatic N) is 2. The summed E-state index contributed by atoms with van der Waals surface area (Å²) in [6, 6.07) is 9.63. The van der Waals surface area contributed by atoms with Gasteiger partial charge >= 0.3 is 6.03 Å². The molecule has 0 bridgehead atoms. The number of piperidine rings is 1. The highest BCUT2D eigenvalue weighted by Crippen LogP contribution is 2.34. The van der Waals surface area contributed by atoms with E-state index in [2.05, 4.69) is 9.97 Å². The highest BCUT2D eigenvalue weighted by atomic mass is 16.2. The van der Waals surface area contributed by atoms with Gasteiger partial charge in [-0.15, -0.1) is 0 Å². The van der Waals surface area contributed by atoms with E-state index < -0.39 is 0 Å². The number of H-pyrrole nitrogens is 2. The van der Waals surface area contributed by atoms with Crippen molar-refractivity contribution < 1.29 is 4.79 Å². The minimum absolute atomic E-state index is 0.00439. The molecule has 6 nitrogen and oxygen atoms in total. The largest absolute Gasteiger partial charge is 0.359 e. The van der Waals surface area contributed by atoms with Crippen molar-refractivity contribution in [2.45, 2.75) is 25.3 Å². The molecule has 1 unspecified atom stereocenters. The van der Waals surface area contributed by atoms with Crippen molar-refractivity contribution in [1.82, 2.24) is 19.9 Å². The van der Waals surface area contributed by atoms with Crippen molar-refractivity contribution in [1.29, 1.82) is 0 Å². The summed E-state index contributed by atoms with van der Waals surface area (Å²) in [5.74, 6) is 0.805. The van der Waals surface area contributed by atoms with Gasteiger partial charge in [0, 0.05) is 18.3 Å². The Kier molecular flexibility index (Phi) is 3.29. The van der Waals surface area contributed by atoms with Crippen LogP contribution < -0.4 is 5.73 Å². The van der Waals surface area contributed by atoms with Crippen LogP contribution in [0, 0.1) is 0 Å². The Bertz CT molecular complexity index is 836. The lowest BCUT2D eigenvalue weighted by Gasteiger charge is -2.34. The van der Waals surface area contributed by atoms with Crippen LogP contribution in [0.25, 0.3) is 22.6 Å². The number of aromatic nitrogens is 3. The van der Waals surface area contributed by atoms with Gasteiger partial charge in [-0.3, -0.25) is 0 Å². The molecule has 2 aromatic heterocycles. The van der Waals surface area contributed by atoms with Gasteiger partial charge in [-0.2, -0.15) is 0 Å². The standard InChI is InChI=1S/C17H19N5O/c18-17(23)22-10-2-1-8-14(22)11-5-3-6-12-15(11)21-16(20-12)13-7-4-9-19-13/h3-7,9,14,19H,1-2,8,10H2,(H2,18,23)(H,20,21). The Hall–Kier alpha value is -2.76. The normalized spacial score (nSPS) is 18.4. The fourth-order valence-electron chi connectivity index (χ4n) is 3.45. The van der Waals surface area contributed by atoms with E-state index in [0.29, 0.717) is 6.54 Å². The van der Waals surface area contributed by atoms with Crippen molar-refractivity contribution in [3.05, 3.63) is 42.1 Å². The van der Waals surface area contributed by atoms with E-state index in [9.17, 15) is 4.79 Å². The fourth-order valence-corrected chi connectivity index (χ4v) is 3.45. The van der Waals surface area contributed by atoms with Crippen LogP contribution in [0.4, 0.5) is 4.79 Å². The van der Waals surface area contributed by atoms with Crippen molar-refractivity contribution in [2.24, 2.45) is 5.73 Å². The van der Waals surface area contributed by atoms with Crippen LogP contribution in [0.2, 0.25) is 0 Å². The minimum Gasteiger partial charge on any atom is -0.359 e. The van der Waals surface area contributed by atoms with E-state index >= 15 is 0 Å². The summed E-state index contributed by atoms with van der Waals surface area (Å²) in [5, 5.41) is 0. The fraction of sp³-hybridized carbons (Fsp3) is 0.294. The maximum absolute atomic E-state index is 11.8. The van der Waals surface area contributed by atoms with Gasteiger partial charge in [0.2, 0.25) is 0 Å². The molecule has 23 heavy (non-hydrogen) atoms. The van der Waals surface area contributed by atoms with E-state index in [1.165, 1.54) is 0 Å². The summed E-state index contributed by atoms with van der Waals surface area (Å²) in [6.07, 6.45) is 4.90. The number of carbonyl (C=O) groups excluding carboxylic acids is 1. The lowest BCUT2D eigenvalue weighted by molar-refractivity contribution is 0.160. The SMILES string of the molecule is NC(=O)N1CCCCC1c1cccc2[nH]c(-c3ccc[nH]3)nc12. The lowest BCUT2D eigenvalue weighted by atomic mass is 9.94. The van der Waals surface area contributed by atoms with Gasteiger partial charge in [0.1, 0.15) is 0 Å². The molecule has 1 aliphatic rings. The molecule has 6 heteroatoms. The molecular formula is C17H19N5O. The average Bonchev–Trinajstić information content (AvgIpc) is 3.23. The third-order valence-electron chi connectivity index (χ3n) is 4.54. The Balaban J connectivity index is 1.81. The maximum Gasteiger partial charge on any atom is 0.315 e. The number of nitrogens with two attached hydrogens (primary N) is 1. The number of amides is 2. The first-order valence-corrected chi connectivity index (χ1v) is 7.92. The van der Waals surface area contributed by atoms with Gasteiger partial charge in [-0.1, -0.05) is 12.1 Å². The van der Waals surface area contributed by atoms with Crippen LogP contribution in [0.5, 0.6) is 0 Å². The molecule has 4 rings (SSSR count). The molecule has 0 saturated carbocycles. The quantitative estimate of drug-likeness (QED) is 0.678. The number of hydrogen-bond acceptors (Lipinski definition) is 2. The first-order valence-electron chi connectivity index (χ1n) is 7.92. The highest BCUT2D eigenvalue weighted by molar-refractivity contribution is 5.83. The Morgan fingerprint density at radius 1 is 1.26 bits per heavy atom. The van der Waals surface area contributed by atoms with Crippen LogP contribution in [0.15, 0.2) is 36.5 Å². The average molecular weight is 309 g/mol. The third-order valence-corrected chi connectivity index (χ3v) is 4.54. The van der Waals surface area contributed by atoms with Crippen molar-refractivity contribution in [2.75, 3.05) is 6.54 Å². The zero-order chi connectivity index (χ0) is 15.8. The van der Waals surface area contributed by atoms with Gasteiger partial charge < -0.3 is 20.6 Å². The summed E-state index contributed by atoms with van der Waals surface area (Å²) in [4.78, 5) is 24.8. The molecule has 118 valence electrons. The molecule has 3 aromatic rings. The molecule has 1 saturated heterocycles. The molecular weight excluding hydrogens is 290 g/mol. The first-order chi connectivity index (χ1) is 11.2. The number of carbonyl (C=O) groups is 1. The summed E-state index contributed by atoms with van der Waals surface area (Å²) >= 11 is 0. The summed E-state index contributed by atoms with van der Waals surface area (Å²) < 4.78 is 0. The van der Waals surface area contributed by atoms with Gasteiger partial charge in [0.25, 0.3) is 0 Å². The van der Waals surface area contributed by atoms with Crippen LogP contribution in [0.1, 0.15) is 30.9 Å². The van der Waals surface area contributed by atoms with Gasteiger partial charge in [-0.05, 0) is 37.5 Å². The Morgan fingerprint density at radius 3 is 2.96 bits per heavy atom. The molecule has 1 atom stereocenters. The second-order valence-electron chi connectivity index (χ2n) is 5.96. The van der Waals surface area contributed by atoms with E-state index in [4.69, 9.17) is 10.7 Å². The number of rotatable bonds is 2. The van der Waals surface area contributed by atoms with Crippen LogP contribution in [0.3, 0.4) is 0 Å². The van der Waals surface area contributed by atoms with Crippen molar-refractivity contribution in [3.63, 3.8) is 0 Å². The number of benzene rings is 1. The number of likely N-dealkylation sites (tertiary alicyclic amines) is 1. The number of primary amides is 1. The predicted molar refractivity (Wildman–Crippen MR) is 88.8 cm³/mol. The zero-order valence-corrected chi connectivity index (χ0v) is 12.7. The highest BCUT2D eigenvalue weighted by Gasteiger charge is 2.28. The predicted octanol–water partition coefficient (Wildman–Crippen LogP) is 3.16. The van der Waals surface area contributed by atoms with E-state index in [1.54, 1.807) is 4.90 Å². The molecule has 1 aliphatic heterocycles. The molecule has 1 fully saturated rings. The molecule has 0 radical (unpaired) electrons. The molecule has 2 amide bonds. The van der Waals surface area contributed by atoms with Crippen molar-refractivity contribution in [3.8, 4) is 11.5 Å². The van der Waals surface area contributed by atoms with E-state index in [-0.39, 0.29) is 12.1 Å². The van der Waals surface area contributed by atoms with Gasteiger partial charge in [0.15, 0.2) is 5.82 Å². The van der Waals surface area contributed by atoms with Crippen LogP contribution >= 0.6 is 0 Å². The summed E-state index contributed by atoms with van der Waals surface area (Å²) in [5.41, 5.74) is 9.47. The minimum atomic E-state index is -0.355. The van der Waals surface area contributed by atoms with E-state index in [0.717, 1.165) is 47.4 Å². The number of para-hydroxylation sites is 1. The van der Waals surface area contributed by atoms with Crippen LogP contribution in [-0.4, -0.2) is 32.4 Å². The second-order valence-corrected chi connectivity index (χ2v) is 5.96. The van der Waals surface area contributed by atoms with E-state index in [1.807, 2.05) is 36.5 Å². The lowest BCUT2D eigenvalue weighted by Crippen LogP contribution is -2.41. The summed E-state index contributed by atoms with van der Waals surface area (Å²) in [7, 11) is 0. The number of aromatic amines is 2. The summed E-state index contributed by atoms with van der Waals surface area (Å²) in [6.45, 7) is 0.713. The zero-order valence-electron chi connectivity index (χ0n) is 12.7. The first kappa shape index (κ1) is 13.9. The molecule has 0 spiro atoms. The monoisotopic (exact) mass is 309 g/mol. The molecule has 4 N–H and O–H groups in total.